The molecule has 2 atom stereocenters. The summed E-state index contributed by atoms with van der Waals surface area (Å²) in [6.07, 6.45) is 3.30. The zero-order valence-corrected chi connectivity index (χ0v) is 15.8. The number of aromatic nitrogens is 1. The van der Waals surface area contributed by atoms with Gasteiger partial charge in [0.2, 0.25) is 6.08 Å². The molecule has 0 aliphatic carbocycles. The SMILES string of the molecule is CCn1cc(C(C)C(N=C=O)C(=O)O)c2cc(OCc3ccccc3)ccc21. The number of aliphatic imine (C=N–C) groups is 1. The van der Waals surface area contributed by atoms with Gasteiger partial charge in [0, 0.05) is 29.6 Å². The van der Waals surface area contributed by atoms with E-state index in [0.717, 1.165) is 28.6 Å². The van der Waals surface area contributed by atoms with E-state index < -0.39 is 17.9 Å². The van der Waals surface area contributed by atoms with E-state index >= 15 is 0 Å². The number of rotatable bonds is 8. The largest absolute Gasteiger partial charge is 0.489 e. The standard InChI is InChI=1S/C22H22N2O4/c1-3-24-12-19(15(2)21(22(26)27)23-14-25)18-11-17(9-10-20(18)24)28-13-16-7-5-4-6-8-16/h4-12,15,21H,3,13H2,1-2H3,(H,26,27). The summed E-state index contributed by atoms with van der Waals surface area (Å²) in [5.74, 6) is -0.937. The fourth-order valence-electron chi connectivity index (χ4n) is 3.37. The van der Waals surface area contributed by atoms with Gasteiger partial charge >= 0.3 is 5.97 Å². The summed E-state index contributed by atoms with van der Waals surface area (Å²) in [5.41, 5.74) is 2.86. The summed E-state index contributed by atoms with van der Waals surface area (Å²) in [5, 5.41) is 10.3. The molecule has 0 spiro atoms. The molecular formula is C22H22N2O4. The number of carboxylic acids is 1. The predicted octanol–water partition coefficient (Wildman–Crippen LogP) is 4.13. The number of isocyanates is 1. The molecule has 6 heteroatoms. The molecule has 0 fully saturated rings. The first kappa shape index (κ1) is 19.4. The summed E-state index contributed by atoms with van der Waals surface area (Å²) < 4.78 is 7.97. The number of aryl methyl sites for hydroxylation is 1. The minimum atomic E-state index is -1.18. The maximum Gasteiger partial charge on any atom is 0.330 e. The number of carbonyl (C=O) groups excluding carboxylic acids is 1. The lowest BCUT2D eigenvalue weighted by Gasteiger charge is -2.15. The predicted molar refractivity (Wildman–Crippen MR) is 106 cm³/mol. The Labute approximate surface area is 163 Å². The first-order valence-electron chi connectivity index (χ1n) is 9.14. The van der Waals surface area contributed by atoms with Crippen LogP contribution in [-0.4, -0.2) is 27.8 Å². The van der Waals surface area contributed by atoms with Gasteiger partial charge in [-0.3, -0.25) is 0 Å². The molecule has 0 aliphatic rings. The second-order valence-electron chi connectivity index (χ2n) is 6.62. The third-order valence-corrected chi connectivity index (χ3v) is 4.88. The zero-order chi connectivity index (χ0) is 20.1. The summed E-state index contributed by atoms with van der Waals surface area (Å²) in [6, 6.07) is 14.5. The molecule has 6 nitrogen and oxygen atoms in total. The fraction of sp³-hybridized carbons (Fsp3) is 0.273. The van der Waals surface area contributed by atoms with Crippen molar-refractivity contribution < 1.29 is 19.4 Å². The molecule has 1 aromatic heterocycles. The van der Waals surface area contributed by atoms with Crippen LogP contribution in [0.3, 0.4) is 0 Å². The van der Waals surface area contributed by atoms with Crippen molar-refractivity contribution in [2.75, 3.05) is 0 Å². The Balaban J connectivity index is 1.97. The Morgan fingerprint density at radius 3 is 2.64 bits per heavy atom. The number of aliphatic carboxylic acids is 1. The number of carbonyl (C=O) groups is 1. The van der Waals surface area contributed by atoms with E-state index in [1.807, 2.05) is 66.2 Å². The Kier molecular flexibility index (Phi) is 5.92. The number of ether oxygens (including phenoxy) is 1. The van der Waals surface area contributed by atoms with Crippen LogP contribution in [0, 0.1) is 0 Å². The highest BCUT2D eigenvalue weighted by atomic mass is 16.5. The van der Waals surface area contributed by atoms with Crippen LogP contribution in [0.5, 0.6) is 5.75 Å². The van der Waals surface area contributed by atoms with Crippen LogP contribution in [-0.2, 0) is 22.7 Å². The van der Waals surface area contributed by atoms with E-state index in [2.05, 4.69) is 4.99 Å². The number of nitrogens with zero attached hydrogens (tertiary/aromatic N) is 2. The molecule has 1 heterocycles. The van der Waals surface area contributed by atoms with Gasteiger partial charge in [-0.05, 0) is 36.2 Å². The summed E-state index contributed by atoms with van der Waals surface area (Å²) in [4.78, 5) is 25.7. The van der Waals surface area contributed by atoms with E-state index in [0.29, 0.717) is 12.4 Å². The van der Waals surface area contributed by atoms with Crippen LogP contribution in [0.4, 0.5) is 0 Å². The molecule has 3 aromatic rings. The van der Waals surface area contributed by atoms with Crippen LogP contribution < -0.4 is 4.74 Å². The fourth-order valence-corrected chi connectivity index (χ4v) is 3.37. The van der Waals surface area contributed by atoms with Crippen molar-refractivity contribution in [3.63, 3.8) is 0 Å². The zero-order valence-electron chi connectivity index (χ0n) is 15.8. The van der Waals surface area contributed by atoms with Crippen molar-refractivity contribution in [2.24, 2.45) is 4.99 Å². The lowest BCUT2D eigenvalue weighted by atomic mass is 9.93. The number of benzene rings is 2. The second kappa shape index (κ2) is 8.55. The minimum absolute atomic E-state index is 0.443. The van der Waals surface area contributed by atoms with Gasteiger partial charge in [-0.1, -0.05) is 37.3 Å². The van der Waals surface area contributed by atoms with E-state index in [9.17, 15) is 14.7 Å². The van der Waals surface area contributed by atoms with Gasteiger partial charge in [0.15, 0.2) is 6.04 Å². The summed E-state index contributed by atoms with van der Waals surface area (Å²) in [6.45, 7) is 4.96. The van der Waals surface area contributed by atoms with E-state index in [-0.39, 0.29) is 0 Å². The number of hydrogen-bond acceptors (Lipinski definition) is 4. The first-order chi connectivity index (χ1) is 13.5. The van der Waals surface area contributed by atoms with Crippen molar-refractivity contribution >= 4 is 23.0 Å². The van der Waals surface area contributed by atoms with Crippen LogP contribution in [0.25, 0.3) is 10.9 Å². The van der Waals surface area contributed by atoms with Gasteiger partial charge in [-0.15, -0.1) is 0 Å². The third kappa shape index (κ3) is 3.97. The number of hydrogen-bond donors (Lipinski definition) is 1. The molecule has 28 heavy (non-hydrogen) atoms. The van der Waals surface area contributed by atoms with E-state index in [1.54, 1.807) is 6.92 Å². The topological polar surface area (TPSA) is 80.9 Å². The number of carboxylic acid groups (broad SMARTS) is 1. The molecule has 0 saturated heterocycles. The van der Waals surface area contributed by atoms with Crippen LogP contribution in [0.15, 0.2) is 59.7 Å². The van der Waals surface area contributed by atoms with Gasteiger partial charge in [0.05, 0.1) is 0 Å². The highest BCUT2D eigenvalue weighted by Gasteiger charge is 2.28. The lowest BCUT2D eigenvalue weighted by molar-refractivity contribution is -0.138. The molecule has 1 N–H and O–H groups in total. The van der Waals surface area contributed by atoms with Crippen molar-refractivity contribution in [1.29, 1.82) is 0 Å². The molecule has 0 amide bonds. The van der Waals surface area contributed by atoms with Gasteiger partial charge < -0.3 is 14.4 Å². The van der Waals surface area contributed by atoms with Crippen molar-refractivity contribution in [3.05, 3.63) is 65.9 Å². The van der Waals surface area contributed by atoms with E-state index in [1.165, 1.54) is 6.08 Å². The molecule has 0 saturated carbocycles. The monoisotopic (exact) mass is 378 g/mol. The normalized spacial score (nSPS) is 12.9. The van der Waals surface area contributed by atoms with Gasteiger partial charge in [0.25, 0.3) is 0 Å². The molecule has 0 aliphatic heterocycles. The quantitative estimate of drug-likeness (QED) is 0.472. The van der Waals surface area contributed by atoms with Gasteiger partial charge in [-0.25, -0.2) is 9.59 Å². The Morgan fingerprint density at radius 2 is 2.00 bits per heavy atom. The number of fused-ring (bicyclic) bond motifs is 1. The maximum absolute atomic E-state index is 11.5. The molecule has 2 aromatic carbocycles. The van der Waals surface area contributed by atoms with Crippen molar-refractivity contribution in [3.8, 4) is 5.75 Å². The highest BCUT2D eigenvalue weighted by molar-refractivity contribution is 5.87. The highest BCUT2D eigenvalue weighted by Crippen LogP contribution is 2.33. The summed E-state index contributed by atoms with van der Waals surface area (Å²) in [7, 11) is 0. The molecule has 2 unspecified atom stereocenters. The maximum atomic E-state index is 11.5. The van der Waals surface area contributed by atoms with Crippen LogP contribution >= 0.6 is 0 Å². The van der Waals surface area contributed by atoms with E-state index in [4.69, 9.17) is 4.74 Å². The average molecular weight is 378 g/mol. The minimum Gasteiger partial charge on any atom is -0.489 e. The lowest BCUT2D eigenvalue weighted by Crippen LogP contribution is -2.24. The average Bonchev–Trinajstić information content (AvgIpc) is 3.08. The van der Waals surface area contributed by atoms with Crippen LogP contribution in [0.2, 0.25) is 0 Å². The van der Waals surface area contributed by atoms with Crippen molar-refractivity contribution in [1.82, 2.24) is 4.57 Å². The molecule has 0 radical (unpaired) electrons. The smallest absolute Gasteiger partial charge is 0.330 e. The van der Waals surface area contributed by atoms with Crippen molar-refractivity contribution in [2.45, 2.75) is 39.0 Å². The molecular weight excluding hydrogens is 356 g/mol. The first-order valence-corrected chi connectivity index (χ1v) is 9.14. The second-order valence-corrected chi connectivity index (χ2v) is 6.62. The third-order valence-electron chi connectivity index (χ3n) is 4.88. The Hall–Kier alpha value is -3.37. The molecule has 3 rings (SSSR count). The molecule has 144 valence electrons. The van der Waals surface area contributed by atoms with Gasteiger partial charge in [0.1, 0.15) is 12.4 Å². The van der Waals surface area contributed by atoms with Gasteiger partial charge in [-0.2, -0.15) is 4.99 Å². The van der Waals surface area contributed by atoms with Crippen LogP contribution in [0.1, 0.15) is 30.9 Å². The summed E-state index contributed by atoms with van der Waals surface area (Å²) >= 11 is 0. The Morgan fingerprint density at radius 1 is 1.25 bits per heavy atom. The Bertz CT molecular complexity index is 1020. The molecule has 0 bridgehead atoms.